The van der Waals surface area contributed by atoms with Crippen LogP contribution in [-0.2, 0) is 14.3 Å². The molecule has 10 nitrogen and oxygen atoms in total. The number of nitriles is 1. The summed E-state index contributed by atoms with van der Waals surface area (Å²) in [5, 5.41) is 9.88. The van der Waals surface area contributed by atoms with E-state index in [1.807, 2.05) is 72.8 Å². The maximum absolute atomic E-state index is 13.9. The van der Waals surface area contributed by atoms with E-state index >= 15 is 0 Å². The topological polar surface area (TPSA) is 136 Å². The number of aromatic nitrogens is 1. The van der Waals surface area contributed by atoms with Gasteiger partial charge in [-0.05, 0) is 59.7 Å². The quantitative estimate of drug-likeness (QED) is 0.0680. The third-order valence-corrected chi connectivity index (χ3v) is 10.4. The highest BCUT2D eigenvalue weighted by molar-refractivity contribution is 8.00. The molecule has 1 saturated heterocycles. The third kappa shape index (κ3) is 7.78. The summed E-state index contributed by atoms with van der Waals surface area (Å²) in [6.07, 6.45) is -0.137. The van der Waals surface area contributed by atoms with Gasteiger partial charge in [-0.25, -0.2) is 14.7 Å². The van der Waals surface area contributed by atoms with Crippen LogP contribution in [0.25, 0.3) is 33.5 Å². The molecule has 2 amide bonds. The van der Waals surface area contributed by atoms with Gasteiger partial charge in [-0.3, -0.25) is 14.4 Å². The van der Waals surface area contributed by atoms with Gasteiger partial charge in [-0.1, -0.05) is 96.7 Å². The molecule has 1 atom stereocenters. The second kappa shape index (κ2) is 16.5. The molecule has 2 heterocycles. The number of benzene rings is 5. The molecule has 7 rings (SSSR count). The molecule has 0 radical (unpaired) electrons. The van der Waals surface area contributed by atoms with Crippen molar-refractivity contribution < 1.29 is 33.4 Å². The van der Waals surface area contributed by atoms with Crippen LogP contribution in [-0.4, -0.2) is 54.6 Å². The Morgan fingerprint density at radius 3 is 2.05 bits per heavy atom. The smallest absolute Gasteiger partial charge is 0.338 e. The Morgan fingerprint density at radius 1 is 0.768 bits per heavy atom. The lowest BCUT2D eigenvalue weighted by molar-refractivity contribution is -0.121. The van der Waals surface area contributed by atoms with Crippen LogP contribution in [0.3, 0.4) is 0 Å². The molecule has 1 aliphatic heterocycles. The molecule has 276 valence electrons. The first-order valence-corrected chi connectivity index (χ1v) is 18.4. The highest BCUT2D eigenvalue weighted by Gasteiger charge is 2.41. The number of rotatable bonds is 12. The molecule has 11 heteroatoms. The van der Waals surface area contributed by atoms with Crippen molar-refractivity contribution in [3.8, 4) is 51.1 Å². The van der Waals surface area contributed by atoms with Crippen LogP contribution in [0.5, 0.6) is 11.5 Å². The van der Waals surface area contributed by atoms with Gasteiger partial charge >= 0.3 is 5.97 Å². The SMILES string of the molecule is COc1ccc(OC)c(-c2cc(-c3ccccc3)nc(SC3CC(=O)N(c4ccc(C(=O)OCC(=O)c5ccc(-c6ccccc6)cc5)cc4)C3=O)c2C#N)c1. The summed E-state index contributed by atoms with van der Waals surface area (Å²) in [6.45, 7) is -0.455. The highest BCUT2D eigenvalue weighted by atomic mass is 32.2. The third-order valence-electron chi connectivity index (χ3n) is 9.23. The normalized spacial score (nSPS) is 13.6. The Kier molecular flexibility index (Phi) is 11.0. The maximum Gasteiger partial charge on any atom is 0.338 e. The standard InChI is InChI=1S/C45H33N3O7S/c1-53-34-21-22-40(54-2)36(23-34)35-24-38(30-11-7-4-8-12-30)47-43(37(35)26-46)56-41-25-42(50)48(44(41)51)33-19-17-32(18-20-33)45(52)55-27-39(49)31-15-13-29(14-16-31)28-9-5-3-6-10-28/h3-24,41H,25,27H2,1-2H3. The molecule has 1 aromatic heterocycles. The minimum atomic E-state index is -0.884. The number of carbonyl (C=O) groups excluding carboxylic acids is 4. The molecular weight excluding hydrogens is 727 g/mol. The predicted molar refractivity (Wildman–Crippen MR) is 213 cm³/mol. The molecule has 1 unspecified atom stereocenters. The first kappa shape index (κ1) is 37.3. The zero-order chi connectivity index (χ0) is 39.2. The summed E-state index contributed by atoms with van der Waals surface area (Å²) in [5.41, 5.74) is 5.49. The number of pyridine rings is 1. The number of hydrogen-bond acceptors (Lipinski definition) is 10. The van der Waals surface area contributed by atoms with Crippen LogP contribution in [0.4, 0.5) is 5.69 Å². The zero-order valence-corrected chi connectivity index (χ0v) is 31.1. The lowest BCUT2D eigenvalue weighted by Crippen LogP contribution is -2.31. The summed E-state index contributed by atoms with van der Waals surface area (Å²) in [7, 11) is 3.08. The fourth-order valence-electron chi connectivity index (χ4n) is 6.33. The molecule has 6 aromatic rings. The summed E-state index contributed by atoms with van der Waals surface area (Å²) < 4.78 is 16.4. The van der Waals surface area contributed by atoms with E-state index in [4.69, 9.17) is 19.2 Å². The molecule has 0 spiro atoms. The van der Waals surface area contributed by atoms with Crippen LogP contribution in [0.15, 0.2) is 138 Å². The second-order valence-electron chi connectivity index (χ2n) is 12.6. The van der Waals surface area contributed by atoms with Gasteiger partial charge in [0.25, 0.3) is 0 Å². The Labute approximate surface area is 327 Å². The second-order valence-corrected chi connectivity index (χ2v) is 13.8. The van der Waals surface area contributed by atoms with Crippen molar-refractivity contribution in [2.75, 3.05) is 25.7 Å². The molecule has 0 saturated carbocycles. The Hall–Kier alpha value is -7.03. The van der Waals surface area contributed by atoms with E-state index in [1.54, 1.807) is 43.5 Å². The first-order valence-electron chi connectivity index (χ1n) is 17.5. The number of Topliss-reactive ketones (excluding diaryl/α,β-unsaturated/α-hetero) is 1. The molecule has 1 fully saturated rings. The number of imide groups is 1. The molecular formula is C45H33N3O7S. The van der Waals surface area contributed by atoms with E-state index in [1.165, 1.54) is 31.4 Å². The maximum atomic E-state index is 13.9. The molecule has 0 aliphatic carbocycles. The van der Waals surface area contributed by atoms with Crippen molar-refractivity contribution in [3.05, 3.63) is 150 Å². The summed E-state index contributed by atoms with van der Waals surface area (Å²) in [4.78, 5) is 58.7. The minimum Gasteiger partial charge on any atom is -0.497 e. The fraction of sp³-hybridized carbons (Fsp3) is 0.111. The number of carbonyl (C=O) groups is 4. The van der Waals surface area contributed by atoms with Gasteiger partial charge in [0.1, 0.15) is 22.6 Å². The molecule has 5 aromatic carbocycles. The van der Waals surface area contributed by atoms with E-state index in [0.29, 0.717) is 33.9 Å². The van der Waals surface area contributed by atoms with E-state index in [9.17, 15) is 24.4 Å². The molecule has 1 aliphatic rings. The van der Waals surface area contributed by atoms with Gasteiger partial charge < -0.3 is 14.2 Å². The number of ether oxygens (including phenoxy) is 3. The number of nitrogens with zero attached hydrogens (tertiary/aromatic N) is 3. The van der Waals surface area contributed by atoms with Gasteiger partial charge in [-0.2, -0.15) is 5.26 Å². The molecule has 0 N–H and O–H groups in total. The molecule has 56 heavy (non-hydrogen) atoms. The Morgan fingerprint density at radius 2 is 1.41 bits per heavy atom. The average molecular weight is 760 g/mol. The van der Waals surface area contributed by atoms with E-state index in [0.717, 1.165) is 33.4 Å². The first-order chi connectivity index (χ1) is 27.3. The van der Waals surface area contributed by atoms with Crippen LogP contribution < -0.4 is 14.4 Å². The number of amides is 2. The van der Waals surface area contributed by atoms with Crippen molar-refractivity contribution in [3.63, 3.8) is 0 Å². The number of ketones is 1. The Balaban J connectivity index is 1.07. The van der Waals surface area contributed by atoms with Crippen molar-refractivity contribution in [1.29, 1.82) is 5.26 Å². The number of anilines is 1. The van der Waals surface area contributed by atoms with Crippen molar-refractivity contribution >= 4 is 41.0 Å². The Bertz CT molecular complexity index is 2480. The van der Waals surface area contributed by atoms with E-state index < -0.39 is 29.6 Å². The van der Waals surface area contributed by atoms with Crippen molar-refractivity contribution in [1.82, 2.24) is 4.98 Å². The monoisotopic (exact) mass is 759 g/mol. The van der Waals surface area contributed by atoms with Crippen molar-refractivity contribution in [2.24, 2.45) is 0 Å². The van der Waals surface area contributed by atoms with Gasteiger partial charge in [0.15, 0.2) is 12.4 Å². The highest BCUT2D eigenvalue weighted by Crippen LogP contribution is 2.42. The summed E-state index contributed by atoms with van der Waals surface area (Å²) >= 11 is 1.04. The number of thioether (sulfide) groups is 1. The minimum absolute atomic E-state index is 0.137. The van der Waals surface area contributed by atoms with Crippen LogP contribution in [0, 0.1) is 11.3 Å². The fourth-order valence-corrected chi connectivity index (χ4v) is 7.46. The van der Waals surface area contributed by atoms with Crippen LogP contribution in [0.1, 0.15) is 32.7 Å². The number of methoxy groups -OCH3 is 2. The van der Waals surface area contributed by atoms with E-state index in [-0.39, 0.29) is 34.0 Å². The van der Waals surface area contributed by atoms with Crippen LogP contribution in [0.2, 0.25) is 0 Å². The van der Waals surface area contributed by atoms with Crippen LogP contribution >= 0.6 is 11.8 Å². The lowest BCUT2D eigenvalue weighted by atomic mass is 9.98. The number of hydrogen-bond donors (Lipinski definition) is 0. The average Bonchev–Trinajstić information content (AvgIpc) is 3.53. The van der Waals surface area contributed by atoms with Crippen molar-refractivity contribution in [2.45, 2.75) is 16.7 Å². The summed E-state index contributed by atoms with van der Waals surface area (Å²) in [5.74, 6) is -0.953. The summed E-state index contributed by atoms with van der Waals surface area (Å²) in [6, 6.07) is 41.4. The number of esters is 1. The molecule has 0 bridgehead atoms. The zero-order valence-electron chi connectivity index (χ0n) is 30.3. The van der Waals surface area contributed by atoms with E-state index in [2.05, 4.69) is 6.07 Å². The largest absolute Gasteiger partial charge is 0.497 e. The van der Waals surface area contributed by atoms with Gasteiger partial charge in [0, 0.05) is 28.7 Å². The van der Waals surface area contributed by atoms with Gasteiger partial charge in [0.05, 0.1) is 42.0 Å². The predicted octanol–water partition coefficient (Wildman–Crippen LogP) is 8.44. The van der Waals surface area contributed by atoms with Gasteiger partial charge in [0.2, 0.25) is 11.8 Å². The van der Waals surface area contributed by atoms with Gasteiger partial charge in [-0.15, -0.1) is 0 Å². The lowest BCUT2D eigenvalue weighted by Gasteiger charge is -2.17.